The molecule has 0 bridgehead atoms. The van der Waals surface area contributed by atoms with Crippen LogP contribution in [0.15, 0.2) is 12.7 Å². The molecule has 2 atom stereocenters. The maximum Gasteiger partial charge on any atom is 0.0660 e. The first-order chi connectivity index (χ1) is 4.88. The normalized spacial score (nSPS) is 28.3. The molecule has 0 saturated carbocycles. The van der Waals surface area contributed by atoms with E-state index in [4.69, 9.17) is 9.84 Å². The summed E-state index contributed by atoms with van der Waals surface area (Å²) in [4.78, 5) is 0. The molecule has 10 heavy (non-hydrogen) atoms. The summed E-state index contributed by atoms with van der Waals surface area (Å²) in [6.45, 7) is 4.64. The predicted molar refractivity (Wildman–Crippen MR) is 39.7 cm³/mol. The first-order valence-corrected chi connectivity index (χ1v) is 3.73. The Morgan fingerprint density at radius 3 is 3.00 bits per heavy atom. The summed E-state index contributed by atoms with van der Waals surface area (Å²) in [5, 5.41) is 8.84. The van der Waals surface area contributed by atoms with Crippen molar-refractivity contribution in [1.29, 1.82) is 0 Å². The molecule has 2 nitrogen and oxygen atoms in total. The average molecular weight is 142 g/mol. The SMILES string of the molecule is C=C[C@H](CO)[C@@H]1CCCO1. The van der Waals surface area contributed by atoms with Crippen LogP contribution in [0.2, 0.25) is 0 Å². The third-order valence-corrected chi connectivity index (χ3v) is 1.96. The van der Waals surface area contributed by atoms with Crippen molar-refractivity contribution >= 4 is 0 Å². The van der Waals surface area contributed by atoms with Gasteiger partial charge in [-0.2, -0.15) is 0 Å². The summed E-state index contributed by atoms with van der Waals surface area (Å²) in [5.74, 6) is 0.141. The van der Waals surface area contributed by atoms with Gasteiger partial charge in [0.1, 0.15) is 0 Å². The summed E-state index contributed by atoms with van der Waals surface area (Å²) >= 11 is 0. The maximum atomic E-state index is 8.84. The molecule has 0 radical (unpaired) electrons. The molecule has 0 aromatic heterocycles. The Hall–Kier alpha value is -0.340. The number of rotatable bonds is 3. The minimum atomic E-state index is 0.141. The quantitative estimate of drug-likeness (QED) is 0.595. The summed E-state index contributed by atoms with van der Waals surface area (Å²) in [6, 6.07) is 0. The molecule has 2 heteroatoms. The van der Waals surface area contributed by atoms with Crippen LogP contribution in [0.4, 0.5) is 0 Å². The average Bonchev–Trinajstić information content (AvgIpc) is 2.43. The molecule has 1 aliphatic heterocycles. The molecule has 1 rings (SSSR count). The van der Waals surface area contributed by atoms with Crippen LogP contribution >= 0.6 is 0 Å². The lowest BCUT2D eigenvalue weighted by molar-refractivity contribution is 0.0559. The van der Waals surface area contributed by atoms with E-state index in [1.54, 1.807) is 6.08 Å². The van der Waals surface area contributed by atoms with Crippen molar-refractivity contribution in [2.75, 3.05) is 13.2 Å². The minimum Gasteiger partial charge on any atom is -0.396 e. The smallest absolute Gasteiger partial charge is 0.0660 e. The van der Waals surface area contributed by atoms with Gasteiger partial charge in [0.15, 0.2) is 0 Å². The number of aliphatic hydroxyl groups excluding tert-OH is 1. The van der Waals surface area contributed by atoms with E-state index in [9.17, 15) is 0 Å². The second-order valence-electron chi connectivity index (χ2n) is 2.63. The molecule has 0 amide bonds. The molecule has 1 saturated heterocycles. The van der Waals surface area contributed by atoms with Crippen LogP contribution in [-0.4, -0.2) is 24.4 Å². The summed E-state index contributed by atoms with van der Waals surface area (Å²) in [7, 11) is 0. The van der Waals surface area contributed by atoms with Crippen LogP contribution in [0.3, 0.4) is 0 Å². The summed E-state index contributed by atoms with van der Waals surface area (Å²) < 4.78 is 5.37. The third kappa shape index (κ3) is 1.58. The van der Waals surface area contributed by atoms with Crippen molar-refractivity contribution in [3.8, 4) is 0 Å². The van der Waals surface area contributed by atoms with Gasteiger partial charge in [0.05, 0.1) is 12.7 Å². The molecular formula is C8H14O2. The lowest BCUT2D eigenvalue weighted by Crippen LogP contribution is -2.20. The molecule has 0 aromatic rings. The van der Waals surface area contributed by atoms with Crippen LogP contribution in [0.5, 0.6) is 0 Å². The van der Waals surface area contributed by atoms with Crippen molar-refractivity contribution < 1.29 is 9.84 Å². The van der Waals surface area contributed by atoms with Crippen molar-refractivity contribution in [2.24, 2.45) is 5.92 Å². The van der Waals surface area contributed by atoms with Crippen molar-refractivity contribution in [2.45, 2.75) is 18.9 Å². The van der Waals surface area contributed by atoms with Gasteiger partial charge in [0, 0.05) is 12.5 Å². The fraction of sp³-hybridized carbons (Fsp3) is 0.750. The van der Waals surface area contributed by atoms with E-state index in [1.165, 1.54) is 0 Å². The van der Waals surface area contributed by atoms with Gasteiger partial charge in [-0.1, -0.05) is 6.08 Å². The molecular weight excluding hydrogens is 128 g/mol. The fourth-order valence-corrected chi connectivity index (χ4v) is 1.28. The van der Waals surface area contributed by atoms with Crippen LogP contribution in [0.25, 0.3) is 0 Å². The van der Waals surface area contributed by atoms with Crippen molar-refractivity contribution in [3.05, 3.63) is 12.7 Å². The minimum absolute atomic E-state index is 0.141. The first kappa shape index (κ1) is 7.76. The Balaban J connectivity index is 2.36. The molecule has 1 aliphatic rings. The van der Waals surface area contributed by atoms with Gasteiger partial charge < -0.3 is 9.84 Å². The van der Waals surface area contributed by atoms with E-state index >= 15 is 0 Å². The van der Waals surface area contributed by atoms with Crippen LogP contribution in [0, 0.1) is 5.92 Å². The Labute approximate surface area is 61.5 Å². The van der Waals surface area contributed by atoms with Crippen LogP contribution in [-0.2, 0) is 4.74 Å². The van der Waals surface area contributed by atoms with Crippen LogP contribution < -0.4 is 0 Å². The van der Waals surface area contributed by atoms with Crippen molar-refractivity contribution in [1.82, 2.24) is 0 Å². The molecule has 0 aromatic carbocycles. The fourth-order valence-electron chi connectivity index (χ4n) is 1.28. The second kappa shape index (κ2) is 3.74. The summed E-state index contributed by atoms with van der Waals surface area (Å²) in [5.41, 5.74) is 0. The first-order valence-electron chi connectivity index (χ1n) is 3.73. The highest BCUT2D eigenvalue weighted by atomic mass is 16.5. The molecule has 1 heterocycles. The molecule has 1 fully saturated rings. The lowest BCUT2D eigenvalue weighted by Gasteiger charge is -2.15. The standard InChI is InChI=1S/C8H14O2/c1-2-7(6-9)8-4-3-5-10-8/h2,7-9H,1,3-6H2/t7-,8+/m1/s1. The number of hydrogen-bond acceptors (Lipinski definition) is 2. The second-order valence-corrected chi connectivity index (χ2v) is 2.63. The molecule has 0 aliphatic carbocycles. The molecule has 0 unspecified atom stereocenters. The third-order valence-electron chi connectivity index (χ3n) is 1.96. The highest BCUT2D eigenvalue weighted by Crippen LogP contribution is 2.20. The maximum absolute atomic E-state index is 8.84. The van der Waals surface area contributed by atoms with Gasteiger partial charge in [0.25, 0.3) is 0 Å². The Morgan fingerprint density at radius 2 is 2.60 bits per heavy atom. The summed E-state index contributed by atoms with van der Waals surface area (Å²) in [6.07, 6.45) is 4.19. The Bertz CT molecular complexity index is 106. The van der Waals surface area contributed by atoms with E-state index in [2.05, 4.69) is 6.58 Å². The largest absolute Gasteiger partial charge is 0.396 e. The van der Waals surface area contributed by atoms with Gasteiger partial charge in [-0.15, -0.1) is 6.58 Å². The highest BCUT2D eigenvalue weighted by Gasteiger charge is 2.22. The number of ether oxygens (including phenoxy) is 1. The molecule has 58 valence electrons. The molecule has 0 spiro atoms. The topological polar surface area (TPSA) is 29.5 Å². The highest BCUT2D eigenvalue weighted by molar-refractivity contribution is 4.86. The van der Waals surface area contributed by atoms with E-state index < -0.39 is 0 Å². The van der Waals surface area contributed by atoms with Gasteiger partial charge in [-0.25, -0.2) is 0 Å². The number of hydrogen-bond donors (Lipinski definition) is 1. The monoisotopic (exact) mass is 142 g/mol. The van der Waals surface area contributed by atoms with E-state index in [-0.39, 0.29) is 18.6 Å². The number of aliphatic hydroxyl groups is 1. The zero-order valence-corrected chi connectivity index (χ0v) is 6.12. The Morgan fingerprint density at radius 1 is 1.80 bits per heavy atom. The van der Waals surface area contributed by atoms with E-state index in [1.807, 2.05) is 0 Å². The van der Waals surface area contributed by atoms with Gasteiger partial charge in [-0.3, -0.25) is 0 Å². The van der Waals surface area contributed by atoms with Gasteiger partial charge >= 0.3 is 0 Å². The van der Waals surface area contributed by atoms with E-state index in [0.29, 0.717) is 0 Å². The van der Waals surface area contributed by atoms with Crippen molar-refractivity contribution in [3.63, 3.8) is 0 Å². The van der Waals surface area contributed by atoms with E-state index in [0.717, 1.165) is 19.4 Å². The van der Waals surface area contributed by atoms with Gasteiger partial charge in [-0.05, 0) is 12.8 Å². The van der Waals surface area contributed by atoms with Crippen LogP contribution in [0.1, 0.15) is 12.8 Å². The zero-order chi connectivity index (χ0) is 7.40. The lowest BCUT2D eigenvalue weighted by atomic mass is 10.0. The predicted octanol–water partition coefficient (Wildman–Crippen LogP) is 0.960. The molecule has 1 N–H and O–H groups in total. The zero-order valence-electron chi connectivity index (χ0n) is 6.12. The Kier molecular flexibility index (Phi) is 2.90. The van der Waals surface area contributed by atoms with Gasteiger partial charge in [0.2, 0.25) is 0 Å².